The number of thioether (sulfide) groups is 1. The Labute approximate surface area is 111 Å². The average Bonchev–Trinajstić information content (AvgIpc) is 2.40. The Hall–Kier alpha value is -0.970. The van der Waals surface area contributed by atoms with E-state index in [2.05, 4.69) is 5.32 Å². The van der Waals surface area contributed by atoms with Crippen molar-refractivity contribution in [2.24, 2.45) is 11.8 Å². The summed E-state index contributed by atoms with van der Waals surface area (Å²) in [5.74, 6) is 0.199. The predicted molar refractivity (Wildman–Crippen MR) is 71.5 cm³/mol. The van der Waals surface area contributed by atoms with Crippen molar-refractivity contribution in [3.63, 3.8) is 0 Å². The molecule has 2 rings (SSSR count). The Balaban J connectivity index is 1.93. The SMILES string of the molecule is O=C(O)[C@H]1CC=CC[C@H]1C(=O)NC1CCCSC1. The van der Waals surface area contributed by atoms with Crippen LogP contribution in [0.25, 0.3) is 0 Å². The molecule has 18 heavy (non-hydrogen) atoms. The number of amides is 1. The van der Waals surface area contributed by atoms with Gasteiger partial charge in [0, 0.05) is 11.8 Å². The lowest BCUT2D eigenvalue weighted by molar-refractivity contribution is -0.147. The highest BCUT2D eigenvalue weighted by molar-refractivity contribution is 7.99. The standard InChI is InChI=1S/C13H19NO3S/c15-12(14-9-4-3-7-18-8-9)10-5-1-2-6-11(10)13(16)17/h1-2,9-11H,3-8H2,(H,14,15)(H,16,17)/t9?,10-,11+/m1/s1. The van der Waals surface area contributed by atoms with Crippen molar-refractivity contribution >= 4 is 23.6 Å². The van der Waals surface area contributed by atoms with E-state index in [-0.39, 0.29) is 11.9 Å². The third kappa shape index (κ3) is 3.28. The van der Waals surface area contributed by atoms with Crippen molar-refractivity contribution < 1.29 is 14.7 Å². The van der Waals surface area contributed by atoms with Crippen molar-refractivity contribution in [2.45, 2.75) is 31.7 Å². The molecule has 0 aromatic carbocycles. The molecule has 1 amide bonds. The van der Waals surface area contributed by atoms with Crippen LogP contribution in [0.3, 0.4) is 0 Å². The van der Waals surface area contributed by atoms with Crippen LogP contribution in [-0.4, -0.2) is 34.5 Å². The summed E-state index contributed by atoms with van der Waals surface area (Å²) in [5.41, 5.74) is 0. The summed E-state index contributed by atoms with van der Waals surface area (Å²) >= 11 is 1.85. The van der Waals surface area contributed by atoms with Gasteiger partial charge in [-0.05, 0) is 31.4 Å². The number of allylic oxidation sites excluding steroid dienone is 2. The number of hydrogen-bond donors (Lipinski definition) is 2. The van der Waals surface area contributed by atoms with E-state index in [1.165, 1.54) is 0 Å². The maximum atomic E-state index is 12.2. The monoisotopic (exact) mass is 269 g/mol. The summed E-state index contributed by atoms with van der Waals surface area (Å²) in [4.78, 5) is 23.3. The molecule has 1 unspecified atom stereocenters. The molecule has 0 spiro atoms. The average molecular weight is 269 g/mol. The van der Waals surface area contributed by atoms with Crippen LogP contribution in [0.5, 0.6) is 0 Å². The first kappa shape index (κ1) is 13.5. The number of carbonyl (C=O) groups excluding carboxylic acids is 1. The van der Waals surface area contributed by atoms with Gasteiger partial charge in [-0.15, -0.1) is 0 Å². The lowest BCUT2D eigenvalue weighted by Gasteiger charge is -2.28. The minimum absolute atomic E-state index is 0.0840. The number of carboxylic acid groups (broad SMARTS) is 1. The molecule has 4 nitrogen and oxygen atoms in total. The highest BCUT2D eigenvalue weighted by Gasteiger charge is 2.34. The van der Waals surface area contributed by atoms with E-state index < -0.39 is 17.8 Å². The first-order valence-electron chi connectivity index (χ1n) is 6.44. The van der Waals surface area contributed by atoms with Crippen molar-refractivity contribution in [2.75, 3.05) is 11.5 Å². The van der Waals surface area contributed by atoms with Gasteiger partial charge in [-0.1, -0.05) is 12.2 Å². The highest BCUT2D eigenvalue weighted by Crippen LogP contribution is 2.27. The summed E-state index contributed by atoms with van der Waals surface area (Å²) in [7, 11) is 0. The molecule has 0 aromatic rings. The van der Waals surface area contributed by atoms with Gasteiger partial charge >= 0.3 is 5.97 Å². The summed E-state index contributed by atoms with van der Waals surface area (Å²) in [6.45, 7) is 0. The number of nitrogens with one attached hydrogen (secondary N) is 1. The molecule has 5 heteroatoms. The largest absolute Gasteiger partial charge is 0.481 e. The van der Waals surface area contributed by atoms with Crippen LogP contribution in [0.2, 0.25) is 0 Å². The van der Waals surface area contributed by atoms with E-state index in [1.54, 1.807) is 0 Å². The summed E-state index contributed by atoms with van der Waals surface area (Å²) < 4.78 is 0. The minimum Gasteiger partial charge on any atom is -0.481 e. The normalized spacial score (nSPS) is 31.9. The van der Waals surface area contributed by atoms with E-state index in [4.69, 9.17) is 5.11 Å². The molecule has 2 N–H and O–H groups in total. The lowest BCUT2D eigenvalue weighted by atomic mass is 9.82. The van der Waals surface area contributed by atoms with Gasteiger partial charge in [0.25, 0.3) is 0 Å². The van der Waals surface area contributed by atoms with Crippen LogP contribution in [0, 0.1) is 11.8 Å². The summed E-state index contributed by atoms with van der Waals surface area (Å²) in [5, 5.41) is 12.2. The lowest BCUT2D eigenvalue weighted by Crippen LogP contribution is -2.45. The highest BCUT2D eigenvalue weighted by atomic mass is 32.2. The van der Waals surface area contributed by atoms with Crippen LogP contribution in [-0.2, 0) is 9.59 Å². The molecule has 1 heterocycles. The van der Waals surface area contributed by atoms with Crippen molar-refractivity contribution in [3.8, 4) is 0 Å². The minimum atomic E-state index is -0.863. The number of aliphatic carboxylic acids is 1. The fourth-order valence-corrected chi connectivity index (χ4v) is 3.61. The number of rotatable bonds is 3. The Bertz CT molecular complexity index is 350. The third-order valence-corrected chi connectivity index (χ3v) is 4.81. The molecule has 2 aliphatic rings. The number of carboxylic acids is 1. The molecule has 3 atom stereocenters. The third-order valence-electron chi connectivity index (χ3n) is 3.59. The Morgan fingerprint density at radius 1 is 1.22 bits per heavy atom. The van der Waals surface area contributed by atoms with Crippen LogP contribution in [0.15, 0.2) is 12.2 Å². The molecule has 100 valence electrons. The van der Waals surface area contributed by atoms with Gasteiger partial charge in [0.2, 0.25) is 5.91 Å². The van der Waals surface area contributed by atoms with E-state index in [0.717, 1.165) is 24.3 Å². The van der Waals surface area contributed by atoms with Gasteiger partial charge in [0.15, 0.2) is 0 Å². The van der Waals surface area contributed by atoms with E-state index in [0.29, 0.717) is 12.8 Å². The van der Waals surface area contributed by atoms with Crippen LogP contribution >= 0.6 is 11.8 Å². The van der Waals surface area contributed by atoms with Gasteiger partial charge in [-0.3, -0.25) is 9.59 Å². The second kappa shape index (κ2) is 6.27. The molecule has 0 bridgehead atoms. The molecule has 1 saturated heterocycles. The Morgan fingerprint density at radius 2 is 1.94 bits per heavy atom. The maximum Gasteiger partial charge on any atom is 0.307 e. The quantitative estimate of drug-likeness (QED) is 0.765. The first-order chi connectivity index (χ1) is 8.68. The van der Waals surface area contributed by atoms with Gasteiger partial charge in [-0.2, -0.15) is 11.8 Å². The van der Waals surface area contributed by atoms with Gasteiger partial charge in [-0.25, -0.2) is 0 Å². The molecule has 0 radical (unpaired) electrons. The molecule has 1 aliphatic carbocycles. The Morgan fingerprint density at radius 3 is 2.56 bits per heavy atom. The Kier molecular flexibility index (Phi) is 4.69. The second-order valence-electron chi connectivity index (χ2n) is 4.92. The predicted octanol–water partition coefficient (Wildman–Crippen LogP) is 1.67. The van der Waals surface area contributed by atoms with Crippen molar-refractivity contribution in [1.82, 2.24) is 5.32 Å². The molecule has 1 aliphatic heterocycles. The first-order valence-corrected chi connectivity index (χ1v) is 7.60. The molecule has 0 aromatic heterocycles. The zero-order valence-corrected chi connectivity index (χ0v) is 11.1. The topological polar surface area (TPSA) is 66.4 Å². The van der Waals surface area contributed by atoms with Crippen LogP contribution in [0.4, 0.5) is 0 Å². The van der Waals surface area contributed by atoms with Crippen LogP contribution in [0.1, 0.15) is 25.7 Å². The van der Waals surface area contributed by atoms with Gasteiger partial charge < -0.3 is 10.4 Å². The van der Waals surface area contributed by atoms with E-state index in [1.807, 2.05) is 23.9 Å². The van der Waals surface area contributed by atoms with Gasteiger partial charge in [0.05, 0.1) is 11.8 Å². The maximum absolute atomic E-state index is 12.2. The van der Waals surface area contributed by atoms with Gasteiger partial charge in [0.1, 0.15) is 0 Å². The number of hydrogen-bond acceptors (Lipinski definition) is 3. The van der Waals surface area contributed by atoms with E-state index >= 15 is 0 Å². The van der Waals surface area contributed by atoms with E-state index in [9.17, 15) is 9.59 Å². The smallest absolute Gasteiger partial charge is 0.307 e. The zero-order chi connectivity index (χ0) is 13.0. The summed E-state index contributed by atoms with van der Waals surface area (Å²) in [6, 6.07) is 0.219. The zero-order valence-electron chi connectivity index (χ0n) is 10.3. The molecule has 0 saturated carbocycles. The molecular weight excluding hydrogens is 250 g/mol. The van der Waals surface area contributed by atoms with Crippen molar-refractivity contribution in [3.05, 3.63) is 12.2 Å². The number of carbonyl (C=O) groups is 2. The second-order valence-corrected chi connectivity index (χ2v) is 6.07. The van der Waals surface area contributed by atoms with Crippen LogP contribution < -0.4 is 5.32 Å². The summed E-state index contributed by atoms with van der Waals surface area (Å²) in [6.07, 6.45) is 6.93. The molecule has 1 fully saturated rings. The molecular formula is C13H19NO3S. The van der Waals surface area contributed by atoms with Crippen molar-refractivity contribution in [1.29, 1.82) is 0 Å². The fourth-order valence-electron chi connectivity index (χ4n) is 2.54. The fraction of sp³-hybridized carbons (Fsp3) is 0.692.